The maximum atomic E-state index is 12.3. The Morgan fingerprint density at radius 1 is 1.33 bits per heavy atom. The summed E-state index contributed by atoms with van der Waals surface area (Å²) in [4.78, 5) is 37.5. The van der Waals surface area contributed by atoms with Crippen LogP contribution in [0.25, 0.3) is 0 Å². The minimum Gasteiger partial charge on any atom is -0.535 e. The van der Waals surface area contributed by atoms with E-state index in [0.717, 1.165) is 18.4 Å². The van der Waals surface area contributed by atoms with Crippen molar-refractivity contribution in [2.45, 2.75) is 43.1 Å². The minimum absolute atomic E-state index is 0.00485. The molecule has 2 heterocycles. The van der Waals surface area contributed by atoms with Crippen LogP contribution in [-0.2, 0) is 9.59 Å². The molecule has 11 nitrogen and oxygen atoms in total. The van der Waals surface area contributed by atoms with Gasteiger partial charge in [0.1, 0.15) is 28.7 Å². The van der Waals surface area contributed by atoms with E-state index in [9.17, 15) is 24.5 Å². The highest BCUT2D eigenvalue weighted by atomic mass is 16.5. The molecule has 3 aliphatic rings. The lowest BCUT2D eigenvalue weighted by molar-refractivity contribution is -0.130. The first kappa shape index (κ1) is 23.3. The van der Waals surface area contributed by atoms with Gasteiger partial charge in [0.25, 0.3) is 0 Å². The van der Waals surface area contributed by atoms with Gasteiger partial charge in [-0.25, -0.2) is 4.79 Å². The SMILES string of the molecule is CNC(=O)CNC(=O)C(C)(N)CN1CC(Oc2ccc3c(c2C(=O)O)OB(O)[C@@H]2CC[C@H]32)C1. The van der Waals surface area contributed by atoms with E-state index in [1.807, 2.05) is 11.0 Å². The van der Waals surface area contributed by atoms with E-state index >= 15 is 0 Å². The number of nitrogens with zero attached hydrogens (tertiary/aromatic N) is 1. The molecule has 2 amide bonds. The first-order valence-corrected chi connectivity index (χ1v) is 11.0. The quantitative estimate of drug-likeness (QED) is 0.311. The number of carboxylic acids is 1. The molecular formula is C21H29BN4O7. The molecule has 1 aromatic rings. The lowest BCUT2D eigenvalue weighted by Crippen LogP contribution is -2.64. The number of carbonyl (C=O) groups excluding carboxylic acids is 2. The fraction of sp³-hybridized carbons (Fsp3) is 0.571. The van der Waals surface area contributed by atoms with E-state index in [2.05, 4.69) is 10.6 Å². The number of carboxylic acid groups (broad SMARTS) is 1. The molecular weight excluding hydrogens is 431 g/mol. The summed E-state index contributed by atoms with van der Waals surface area (Å²) in [5.74, 6) is -1.45. The Morgan fingerprint density at radius 3 is 2.67 bits per heavy atom. The van der Waals surface area contributed by atoms with Crippen LogP contribution in [0.2, 0.25) is 5.82 Å². The number of hydrogen-bond donors (Lipinski definition) is 5. The minimum atomic E-state index is -1.21. The number of nitrogens with two attached hydrogens (primary N) is 1. The predicted molar refractivity (Wildman–Crippen MR) is 118 cm³/mol. The van der Waals surface area contributed by atoms with Crippen LogP contribution >= 0.6 is 0 Å². The van der Waals surface area contributed by atoms with Gasteiger partial charge in [0, 0.05) is 32.5 Å². The van der Waals surface area contributed by atoms with Gasteiger partial charge in [0.05, 0.1) is 6.54 Å². The smallest absolute Gasteiger partial charge is 0.526 e. The Balaban J connectivity index is 1.37. The summed E-state index contributed by atoms with van der Waals surface area (Å²) >= 11 is 0. The summed E-state index contributed by atoms with van der Waals surface area (Å²) < 4.78 is 11.5. The van der Waals surface area contributed by atoms with Crippen molar-refractivity contribution in [2.75, 3.05) is 33.2 Å². The molecule has 1 aliphatic carbocycles. The Bertz CT molecular complexity index is 966. The van der Waals surface area contributed by atoms with Gasteiger partial charge in [-0.2, -0.15) is 0 Å². The average Bonchev–Trinajstić information content (AvgIpc) is 2.69. The molecule has 6 N–H and O–H groups in total. The van der Waals surface area contributed by atoms with Crippen LogP contribution in [0.15, 0.2) is 12.1 Å². The zero-order valence-corrected chi connectivity index (χ0v) is 18.7. The number of aromatic carboxylic acids is 1. The standard InChI is InChI=1S/C21H29BN4O7/c1-21(23,20(30)25-7-16(27)24-2)10-26-8-11(9-26)32-15-6-4-13-12-3-5-14(12)22(31)33-18(13)17(15)19(28)29/h4,6,11-12,14,31H,3,5,7-10,23H2,1-2H3,(H,24,27)(H,25,30)(H,28,29)/t12-,14-,21?/m1/s1. The van der Waals surface area contributed by atoms with E-state index in [4.69, 9.17) is 15.1 Å². The van der Waals surface area contributed by atoms with E-state index < -0.39 is 24.5 Å². The number of amides is 2. The van der Waals surface area contributed by atoms with Crippen molar-refractivity contribution in [1.82, 2.24) is 15.5 Å². The number of hydrogen-bond acceptors (Lipinski definition) is 8. The number of rotatable bonds is 8. The predicted octanol–water partition coefficient (Wildman–Crippen LogP) is -0.852. The summed E-state index contributed by atoms with van der Waals surface area (Å²) in [5.41, 5.74) is 5.65. The van der Waals surface area contributed by atoms with E-state index in [1.165, 1.54) is 7.05 Å². The molecule has 1 saturated heterocycles. The van der Waals surface area contributed by atoms with Gasteiger partial charge in [-0.05, 0) is 37.3 Å². The molecule has 4 rings (SSSR count). The normalized spacial score (nSPS) is 23.6. The van der Waals surface area contributed by atoms with E-state index in [-0.39, 0.29) is 53.9 Å². The molecule has 2 fully saturated rings. The lowest BCUT2D eigenvalue weighted by atomic mass is 9.51. The first-order chi connectivity index (χ1) is 15.6. The Hall–Kier alpha value is -2.83. The van der Waals surface area contributed by atoms with Gasteiger partial charge in [-0.3, -0.25) is 14.5 Å². The molecule has 0 spiro atoms. The van der Waals surface area contributed by atoms with Crippen LogP contribution in [0.1, 0.15) is 41.6 Å². The number of likely N-dealkylation sites (N-methyl/N-ethyl adjacent to an activating group) is 1. The number of carbonyl (C=O) groups is 3. The molecule has 0 radical (unpaired) electrons. The van der Waals surface area contributed by atoms with Crippen molar-refractivity contribution in [2.24, 2.45) is 5.73 Å². The van der Waals surface area contributed by atoms with Crippen LogP contribution in [-0.4, -0.2) is 84.8 Å². The highest BCUT2D eigenvalue weighted by molar-refractivity contribution is 6.47. The third-order valence-corrected chi connectivity index (χ3v) is 6.67. The third-order valence-electron chi connectivity index (χ3n) is 6.67. The van der Waals surface area contributed by atoms with Crippen molar-refractivity contribution in [1.29, 1.82) is 0 Å². The highest BCUT2D eigenvalue weighted by Gasteiger charge is 2.49. The monoisotopic (exact) mass is 460 g/mol. The second-order valence-electron chi connectivity index (χ2n) is 9.23. The van der Waals surface area contributed by atoms with Crippen molar-refractivity contribution < 1.29 is 33.9 Å². The van der Waals surface area contributed by atoms with Crippen LogP contribution < -0.4 is 25.8 Å². The maximum absolute atomic E-state index is 12.3. The van der Waals surface area contributed by atoms with Crippen LogP contribution in [0, 0.1) is 0 Å². The second kappa shape index (κ2) is 8.84. The largest absolute Gasteiger partial charge is 0.535 e. The van der Waals surface area contributed by atoms with Gasteiger partial charge >= 0.3 is 13.1 Å². The maximum Gasteiger partial charge on any atom is 0.526 e. The molecule has 2 aliphatic heterocycles. The molecule has 12 heteroatoms. The summed E-state index contributed by atoms with van der Waals surface area (Å²) in [6, 6.07) is 3.48. The number of ether oxygens (including phenoxy) is 1. The molecule has 178 valence electrons. The fourth-order valence-electron chi connectivity index (χ4n) is 4.65. The number of nitrogens with one attached hydrogen (secondary N) is 2. The first-order valence-electron chi connectivity index (χ1n) is 11.0. The molecule has 1 unspecified atom stereocenters. The van der Waals surface area contributed by atoms with E-state index in [1.54, 1.807) is 13.0 Å². The van der Waals surface area contributed by atoms with Crippen molar-refractivity contribution in [3.63, 3.8) is 0 Å². The van der Waals surface area contributed by atoms with Gasteiger partial charge in [0.2, 0.25) is 11.8 Å². The molecule has 1 aromatic carbocycles. The second-order valence-corrected chi connectivity index (χ2v) is 9.23. The van der Waals surface area contributed by atoms with Crippen molar-refractivity contribution in [3.05, 3.63) is 23.3 Å². The fourth-order valence-corrected chi connectivity index (χ4v) is 4.65. The third kappa shape index (κ3) is 4.50. The molecule has 3 atom stereocenters. The number of benzene rings is 1. The number of likely N-dealkylation sites (tertiary alicyclic amines) is 1. The Labute approximate surface area is 191 Å². The number of fused-ring (bicyclic) bond motifs is 3. The summed E-state index contributed by atoms with van der Waals surface area (Å²) in [7, 11) is 0.466. The zero-order valence-electron chi connectivity index (χ0n) is 18.7. The van der Waals surface area contributed by atoms with E-state index in [0.29, 0.717) is 13.1 Å². The summed E-state index contributed by atoms with van der Waals surface area (Å²) in [6.07, 6.45) is 1.47. The van der Waals surface area contributed by atoms with Crippen LogP contribution in [0.4, 0.5) is 0 Å². The van der Waals surface area contributed by atoms with Crippen molar-refractivity contribution >= 4 is 24.9 Å². The summed E-state index contributed by atoms with van der Waals surface area (Å²) in [6.45, 7) is 2.60. The summed E-state index contributed by atoms with van der Waals surface area (Å²) in [5, 5.41) is 25.0. The van der Waals surface area contributed by atoms with Gasteiger partial charge < -0.3 is 35.9 Å². The highest BCUT2D eigenvalue weighted by Crippen LogP contribution is 2.55. The topological polar surface area (TPSA) is 163 Å². The zero-order chi connectivity index (χ0) is 23.9. The van der Waals surface area contributed by atoms with Gasteiger partial charge in [-0.15, -0.1) is 0 Å². The van der Waals surface area contributed by atoms with Crippen molar-refractivity contribution in [3.8, 4) is 11.5 Å². The lowest BCUT2D eigenvalue weighted by Gasteiger charge is -2.44. The molecule has 33 heavy (non-hydrogen) atoms. The van der Waals surface area contributed by atoms with Crippen LogP contribution in [0.3, 0.4) is 0 Å². The average molecular weight is 460 g/mol. The molecule has 0 aromatic heterocycles. The van der Waals surface area contributed by atoms with Gasteiger partial charge in [-0.1, -0.05) is 6.07 Å². The Kier molecular flexibility index (Phi) is 6.25. The molecule has 0 bridgehead atoms. The van der Waals surface area contributed by atoms with Gasteiger partial charge in [0.15, 0.2) is 0 Å². The Morgan fingerprint density at radius 2 is 2.06 bits per heavy atom. The molecule has 1 saturated carbocycles. The van der Waals surface area contributed by atoms with Crippen LogP contribution in [0.5, 0.6) is 11.5 Å².